The summed E-state index contributed by atoms with van der Waals surface area (Å²) in [6.07, 6.45) is 0. The Kier molecular flexibility index (Phi) is 2.27. The van der Waals surface area contributed by atoms with Crippen molar-refractivity contribution in [3.8, 4) is 0 Å². The molecule has 0 radical (unpaired) electrons. The average Bonchev–Trinajstić information content (AvgIpc) is 2.03. The Morgan fingerprint density at radius 1 is 1.15 bits per heavy atom. The van der Waals surface area contributed by atoms with Gasteiger partial charge in [-0.2, -0.15) is 0 Å². The van der Waals surface area contributed by atoms with E-state index in [2.05, 4.69) is 4.98 Å². The molecular formula is C8H7NO4. The summed E-state index contributed by atoms with van der Waals surface area (Å²) < 4.78 is 0. The van der Waals surface area contributed by atoms with Crippen LogP contribution in [0.5, 0.6) is 0 Å². The number of aromatic nitrogens is 1. The van der Waals surface area contributed by atoms with Crippen molar-refractivity contribution < 1.29 is 19.8 Å². The first-order chi connectivity index (χ1) is 6.00. The zero-order chi connectivity index (χ0) is 10.0. The van der Waals surface area contributed by atoms with Gasteiger partial charge in [0.1, 0.15) is 11.4 Å². The largest absolute Gasteiger partial charge is 0.477 e. The summed E-state index contributed by atoms with van der Waals surface area (Å²) >= 11 is 0. The van der Waals surface area contributed by atoms with Crippen molar-refractivity contribution in [2.24, 2.45) is 0 Å². The number of carboxylic acids is 2. The van der Waals surface area contributed by atoms with Crippen LogP contribution in [0.15, 0.2) is 12.1 Å². The quantitative estimate of drug-likeness (QED) is 0.704. The molecule has 1 aromatic rings. The van der Waals surface area contributed by atoms with Gasteiger partial charge in [-0.3, -0.25) is 0 Å². The van der Waals surface area contributed by atoms with Gasteiger partial charge < -0.3 is 10.2 Å². The summed E-state index contributed by atoms with van der Waals surface area (Å²) in [4.78, 5) is 24.4. The van der Waals surface area contributed by atoms with Crippen LogP contribution < -0.4 is 0 Å². The molecule has 0 atom stereocenters. The molecule has 1 aromatic heterocycles. The minimum absolute atomic E-state index is 0.252. The van der Waals surface area contributed by atoms with Crippen LogP contribution >= 0.6 is 0 Å². The van der Waals surface area contributed by atoms with Crippen LogP contribution in [0.3, 0.4) is 0 Å². The summed E-state index contributed by atoms with van der Waals surface area (Å²) in [5, 5.41) is 17.1. The third-order valence-electron chi connectivity index (χ3n) is 1.41. The van der Waals surface area contributed by atoms with E-state index in [9.17, 15) is 9.59 Å². The highest BCUT2D eigenvalue weighted by molar-refractivity contribution is 5.90. The maximum atomic E-state index is 10.5. The molecule has 0 aromatic carbocycles. The van der Waals surface area contributed by atoms with E-state index in [-0.39, 0.29) is 11.4 Å². The second-order valence-corrected chi connectivity index (χ2v) is 2.53. The number of pyridine rings is 1. The molecule has 0 aliphatic heterocycles. The normalized spacial score (nSPS) is 9.62. The number of rotatable bonds is 2. The molecule has 5 heteroatoms. The predicted octanol–water partition coefficient (Wildman–Crippen LogP) is 0.786. The first-order valence-electron chi connectivity index (χ1n) is 3.46. The summed E-state index contributed by atoms with van der Waals surface area (Å²) in [6, 6.07) is 2.63. The van der Waals surface area contributed by atoms with Crippen LogP contribution in [-0.4, -0.2) is 27.1 Å². The highest BCUT2D eigenvalue weighted by atomic mass is 16.4. The van der Waals surface area contributed by atoms with Crippen molar-refractivity contribution in [2.45, 2.75) is 6.92 Å². The number of hydrogen-bond donors (Lipinski definition) is 2. The molecule has 0 spiro atoms. The maximum Gasteiger partial charge on any atom is 0.354 e. The standard InChI is InChI=1S/C8H7NO4/c1-4-2-5(7(10)11)9-6(3-4)8(12)13/h2-3H,1H3,(H,10,11)(H,12,13). The van der Waals surface area contributed by atoms with E-state index < -0.39 is 11.9 Å². The molecule has 0 amide bonds. The number of aromatic carboxylic acids is 2. The van der Waals surface area contributed by atoms with Crippen LogP contribution in [0, 0.1) is 6.92 Å². The van der Waals surface area contributed by atoms with Crippen LogP contribution in [0.25, 0.3) is 0 Å². The van der Waals surface area contributed by atoms with E-state index in [4.69, 9.17) is 10.2 Å². The van der Waals surface area contributed by atoms with E-state index in [1.54, 1.807) is 6.92 Å². The molecule has 5 nitrogen and oxygen atoms in total. The Balaban J connectivity index is 3.26. The van der Waals surface area contributed by atoms with Gasteiger partial charge in [-0.15, -0.1) is 0 Å². The van der Waals surface area contributed by atoms with Crippen molar-refractivity contribution in [1.82, 2.24) is 4.98 Å². The van der Waals surface area contributed by atoms with E-state index in [1.165, 1.54) is 12.1 Å². The number of carboxylic acid groups (broad SMARTS) is 2. The molecule has 0 aliphatic rings. The summed E-state index contributed by atoms with van der Waals surface area (Å²) in [5.41, 5.74) is 0.0552. The Hall–Kier alpha value is -1.91. The van der Waals surface area contributed by atoms with Gasteiger partial charge in [0.2, 0.25) is 0 Å². The molecule has 1 heterocycles. The highest BCUT2D eigenvalue weighted by Crippen LogP contribution is 2.05. The molecule has 0 unspecified atom stereocenters. The van der Waals surface area contributed by atoms with Crippen LogP contribution in [0.1, 0.15) is 26.5 Å². The lowest BCUT2D eigenvalue weighted by atomic mass is 10.2. The third-order valence-corrected chi connectivity index (χ3v) is 1.41. The lowest BCUT2D eigenvalue weighted by Crippen LogP contribution is -2.07. The second-order valence-electron chi connectivity index (χ2n) is 2.53. The third kappa shape index (κ3) is 2.02. The first-order valence-corrected chi connectivity index (χ1v) is 3.46. The van der Waals surface area contributed by atoms with Gasteiger partial charge in [-0.25, -0.2) is 14.6 Å². The molecule has 1 rings (SSSR count). The molecule has 68 valence electrons. The molecular weight excluding hydrogens is 174 g/mol. The Morgan fingerprint density at radius 3 is 1.85 bits per heavy atom. The Bertz CT molecular complexity index is 340. The van der Waals surface area contributed by atoms with Gasteiger partial charge in [0.05, 0.1) is 0 Å². The zero-order valence-corrected chi connectivity index (χ0v) is 6.81. The lowest BCUT2D eigenvalue weighted by molar-refractivity contribution is 0.0685. The molecule has 0 fully saturated rings. The minimum atomic E-state index is -1.23. The van der Waals surface area contributed by atoms with Gasteiger partial charge in [0.25, 0.3) is 0 Å². The molecule has 0 aliphatic carbocycles. The second kappa shape index (κ2) is 3.22. The van der Waals surface area contributed by atoms with Crippen LogP contribution in [0.4, 0.5) is 0 Å². The fourth-order valence-electron chi connectivity index (χ4n) is 0.886. The van der Waals surface area contributed by atoms with Crippen LogP contribution in [0.2, 0.25) is 0 Å². The lowest BCUT2D eigenvalue weighted by Gasteiger charge is -1.98. The van der Waals surface area contributed by atoms with E-state index in [0.717, 1.165) is 0 Å². The first kappa shape index (κ1) is 9.18. The topological polar surface area (TPSA) is 87.5 Å². The monoisotopic (exact) mass is 181 g/mol. The smallest absolute Gasteiger partial charge is 0.354 e. The van der Waals surface area contributed by atoms with Gasteiger partial charge in [-0.05, 0) is 24.6 Å². The molecule has 0 bridgehead atoms. The van der Waals surface area contributed by atoms with Gasteiger partial charge in [-0.1, -0.05) is 0 Å². The fraction of sp³-hybridized carbons (Fsp3) is 0.125. The summed E-state index contributed by atoms with van der Waals surface area (Å²) in [7, 11) is 0. The Labute approximate surface area is 73.7 Å². The summed E-state index contributed by atoms with van der Waals surface area (Å²) in [6.45, 7) is 1.61. The van der Waals surface area contributed by atoms with Crippen molar-refractivity contribution in [2.75, 3.05) is 0 Å². The summed E-state index contributed by atoms with van der Waals surface area (Å²) in [5.74, 6) is -2.46. The van der Waals surface area contributed by atoms with Crippen LogP contribution in [-0.2, 0) is 0 Å². The minimum Gasteiger partial charge on any atom is -0.477 e. The van der Waals surface area contributed by atoms with Crippen molar-refractivity contribution in [3.63, 3.8) is 0 Å². The molecule has 0 saturated heterocycles. The highest BCUT2D eigenvalue weighted by Gasteiger charge is 2.11. The van der Waals surface area contributed by atoms with Gasteiger partial charge in [0, 0.05) is 0 Å². The number of hydrogen-bond acceptors (Lipinski definition) is 3. The van der Waals surface area contributed by atoms with Gasteiger partial charge >= 0.3 is 11.9 Å². The van der Waals surface area contributed by atoms with Gasteiger partial charge in [0.15, 0.2) is 0 Å². The molecule has 13 heavy (non-hydrogen) atoms. The molecule has 0 saturated carbocycles. The fourth-order valence-corrected chi connectivity index (χ4v) is 0.886. The average molecular weight is 181 g/mol. The van der Waals surface area contributed by atoms with Crippen molar-refractivity contribution in [1.29, 1.82) is 0 Å². The zero-order valence-electron chi connectivity index (χ0n) is 6.81. The number of aryl methyl sites for hydroxylation is 1. The van der Waals surface area contributed by atoms with Crippen molar-refractivity contribution >= 4 is 11.9 Å². The SMILES string of the molecule is Cc1cc(C(=O)O)nc(C(=O)O)c1. The van der Waals surface area contributed by atoms with E-state index in [1.807, 2.05) is 0 Å². The number of carbonyl (C=O) groups is 2. The predicted molar refractivity (Wildman–Crippen MR) is 42.9 cm³/mol. The maximum absolute atomic E-state index is 10.5. The molecule has 2 N–H and O–H groups in total. The van der Waals surface area contributed by atoms with E-state index in [0.29, 0.717) is 5.56 Å². The number of nitrogens with zero attached hydrogens (tertiary/aromatic N) is 1. The van der Waals surface area contributed by atoms with E-state index >= 15 is 0 Å². The Morgan fingerprint density at radius 2 is 1.54 bits per heavy atom. The van der Waals surface area contributed by atoms with Crippen molar-refractivity contribution in [3.05, 3.63) is 29.1 Å².